The SMILES string of the molecule is CCN1CCN(c2ccccc2NC(=O)CSc2[nH]c3ccccc3[n+]2S(=O)(=O)c2ccccc2)CC1. The van der Waals surface area contributed by atoms with Gasteiger partial charge in [-0.2, -0.15) is 8.42 Å². The number of likely N-dealkylation sites (N-methyl/N-ethyl adjacent to an activating group) is 1. The van der Waals surface area contributed by atoms with E-state index in [9.17, 15) is 13.2 Å². The minimum atomic E-state index is -3.87. The van der Waals surface area contributed by atoms with E-state index in [2.05, 4.69) is 27.0 Å². The first-order valence-corrected chi connectivity index (χ1v) is 14.7. The Morgan fingerprint density at radius 1 is 0.946 bits per heavy atom. The summed E-state index contributed by atoms with van der Waals surface area (Å²) < 4.78 is 28.4. The predicted octanol–water partition coefficient (Wildman–Crippen LogP) is 3.57. The van der Waals surface area contributed by atoms with Crippen LogP contribution in [0.3, 0.4) is 0 Å². The molecule has 2 heterocycles. The molecule has 192 valence electrons. The fourth-order valence-electron chi connectivity index (χ4n) is 4.54. The van der Waals surface area contributed by atoms with Gasteiger partial charge in [0.05, 0.1) is 17.1 Å². The molecule has 1 fully saturated rings. The van der Waals surface area contributed by atoms with Crippen LogP contribution in [0.5, 0.6) is 0 Å². The lowest BCUT2D eigenvalue weighted by Gasteiger charge is -2.36. The van der Waals surface area contributed by atoms with Crippen LogP contribution in [-0.2, 0) is 14.8 Å². The normalized spacial score (nSPS) is 14.7. The van der Waals surface area contributed by atoms with Gasteiger partial charge >= 0.3 is 15.2 Å². The Kier molecular flexibility index (Phi) is 7.50. The first kappa shape index (κ1) is 25.3. The zero-order valence-corrected chi connectivity index (χ0v) is 22.3. The molecule has 0 atom stereocenters. The Morgan fingerprint density at radius 3 is 2.38 bits per heavy atom. The Morgan fingerprint density at radius 2 is 1.62 bits per heavy atom. The lowest BCUT2D eigenvalue weighted by atomic mass is 10.2. The van der Waals surface area contributed by atoms with Crippen molar-refractivity contribution in [3.8, 4) is 0 Å². The van der Waals surface area contributed by atoms with Crippen molar-refractivity contribution in [3.05, 3.63) is 78.9 Å². The lowest BCUT2D eigenvalue weighted by Crippen LogP contribution is -2.46. The molecule has 0 spiro atoms. The topological polar surface area (TPSA) is 89.4 Å². The van der Waals surface area contributed by atoms with Gasteiger partial charge in [0, 0.05) is 26.2 Å². The van der Waals surface area contributed by atoms with E-state index in [-0.39, 0.29) is 16.6 Å². The number of thioether (sulfide) groups is 1. The standard InChI is InChI=1S/C27H29N5O3S2/c1-2-30-16-18-31(19-17-30)24-14-8-6-12-22(24)28-26(33)20-36-27-29-23-13-7-9-15-25(23)32(27)37(34,35)21-10-4-3-5-11-21/h3-15H,2,16-20H2,1H3,(H,28,33)/p+1. The van der Waals surface area contributed by atoms with Gasteiger partial charge in [-0.3, -0.25) is 4.79 Å². The smallest absolute Gasteiger partial charge is 0.336 e. The van der Waals surface area contributed by atoms with E-state index >= 15 is 0 Å². The summed E-state index contributed by atoms with van der Waals surface area (Å²) in [7, 11) is -3.87. The maximum atomic E-state index is 13.6. The van der Waals surface area contributed by atoms with E-state index in [1.807, 2.05) is 36.4 Å². The van der Waals surface area contributed by atoms with Crippen LogP contribution in [0.4, 0.5) is 11.4 Å². The quantitative estimate of drug-likeness (QED) is 0.264. The number of anilines is 2. The number of piperazine rings is 1. The maximum absolute atomic E-state index is 13.6. The fourth-order valence-corrected chi connectivity index (χ4v) is 7.13. The zero-order valence-electron chi connectivity index (χ0n) is 20.6. The number of carbonyl (C=O) groups is 1. The summed E-state index contributed by atoms with van der Waals surface area (Å²) in [5, 5.41) is 3.42. The molecule has 3 aromatic carbocycles. The summed E-state index contributed by atoms with van der Waals surface area (Å²) in [4.78, 5) is 21.1. The largest absolute Gasteiger partial charge is 0.367 e. The van der Waals surface area contributed by atoms with Crippen LogP contribution in [0, 0.1) is 0 Å². The minimum absolute atomic E-state index is 0.0507. The molecule has 1 aliphatic rings. The molecule has 0 saturated carbocycles. The molecule has 0 radical (unpaired) electrons. The van der Waals surface area contributed by atoms with Crippen LogP contribution in [0.2, 0.25) is 0 Å². The zero-order chi connectivity index (χ0) is 25.8. The van der Waals surface area contributed by atoms with Crippen molar-refractivity contribution in [2.75, 3.05) is 48.7 Å². The van der Waals surface area contributed by atoms with Crippen LogP contribution >= 0.6 is 11.8 Å². The molecule has 1 aliphatic heterocycles. The highest BCUT2D eigenvalue weighted by Crippen LogP contribution is 2.27. The summed E-state index contributed by atoms with van der Waals surface area (Å²) in [6.45, 7) is 7.00. The van der Waals surface area contributed by atoms with Crippen molar-refractivity contribution >= 4 is 50.1 Å². The molecule has 2 N–H and O–H groups in total. The summed E-state index contributed by atoms with van der Waals surface area (Å²) >= 11 is 1.16. The van der Waals surface area contributed by atoms with E-state index in [1.165, 1.54) is 3.97 Å². The summed E-state index contributed by atoms with van der Waals surface area (Å²) in [5.41, 5.74) is 2.98. The number of benzene rings is 3. The molecule has 0 aliphatic carbocycles. The number of imidazole rings is 1. The molecule has 10 heteroatoms. The van der Waals surface area contributed by atoms with Crippen LogP contribution < -0.4 is 14.2 Å². The van der Waals surface area contributed by atoms with Crippen LogP contribution in [0.15, 0.2) is 88.9 Å². The molecule has 5 rings (SSSR count). The van der Waals surface area contributed by atoms with Crippen LogP contribution in [0.1, 0.15) is 6.92 Å². The predicted molar refractivity (Wildman–Crippen MR) is 148 cm³/mol. The highest BCUT2D eigenvalue weighted by Gasteiger charge is 2.32. The molecule has 0 unspecified atom stereocenters. The molecule has 1 amide bonds. The lowest BCUT2D eigenvalue weighted by molar-refractivity contribution is -0.526. The van der Waals surface area contributed by atoms with E-state index in [0.29, 0.717) is 16.2 Å². The van der Waals surface area contributed by atoms with Crippen molar-refractivity contribution in [2.24, 2.45) is 0 Å². The third-order valence-corrected chi connectivity index (χ3v) is 9.32. The Balaban J connectivity index is 1.35. The van der Waals surface area contributed by atoms with Gasteiger partial charge in [0.15, 0.2) is 11.0 Å². The van der Waals surface area contributed by atoms with Crippen LogP contribution in [0.25, 0.3) is 11.0 Å². The molecular weight excluding hydrogens is 506 g/mol. The molecule has 1 aromatic heterocycles. The Labute approximate surface area is 221 Å². The van der Waals surface area contributed by atoms with Crippen LogP contribution in [-0.4, -0.2) is 62.7 Å². The van der Waals surface area contributed by atoms with Gasteiger partial charge in [0.2, 0.25) is 5.91 Å². The van der Waals surface area contributed by atoms with Crippen molar-refractivity contribution in [2.45, 2.75) is 17.0 Å². The van der Waals surface area contributed by atoms with Gasteiger partial charge in [0.25, 0.3) is 0 Å². The van der Waals surface area contributed by atoms with Gasteiger partial charge in [-0.15, -0.1) is 3.97 Å². The molecule has 4 aromatic rings. The number of hydrogen-bond donors (Lipinski definition) is 2. The number of hydrogen-bond acceptors (Lipinski definition) is 6. The van der Waals surface area contributed by atoms with Crippen molar-refractivity contribution < 1.29 is 17.2 Å². The number of rotatable bonds is 8. The summed E-state index contributed by atoms with van der Waals surface area (Å²) in [6.07, 6.45) is 0. The average molecular weight is 537 g/mol. The maximum Gasteiger partial charge on any atom is 0.336 e. The third-order valence-electron chi connectivity index (χ3n) is 6.51. The molecule has 8 nitrogen and oxygen atoms in total. The number of nitrogens with one attached hydrogen (secondary N) is 2. The highest BCUT2D eigenvalue weighted by atomic mass is 32.2. The number of nitrogens with zero attached hydrogens (tertiary/aromatic N) is 3. The van der Waals surface area contributed by atoms with E-state index in [1.54, 1.807) is 42.5 Å². The van der Waals surface area contributed by atoms with Gasteiger partial charge < -0.3 is 15.1 Å². The van der Waals surface area contributed by atoms with Gasteiger partial charge in [0.1, 0.15) is 4.90 Å². The highest BCUT2D eigenvalue weighted by molar-refractivity contribution is 8.00. The molecule has 0 bridgehead atoms. The number of para-hydroxylation sites is 4. The molecule has 37 heavy (non-hydrogen) atoms. The second-order valence-corrected chi connectivity index (χ2v) is 11.6. The number of fused-ring (bicyclic) bond motifs is 1. The summed E-state index contributed by atoms with van der Waals surface area (Å²) in [5.74, 6) is -0.151. The second-order valence-electron chi connectivity index (χ2n) is 8.81. The minimum Gasteiger partial charge on any atom is -0.367 e. The molecule has 1 saturated heterocycles. The first-order valence-electron chi connectivity index (χ1n) is 12.3. The van der Waals surface area contributed by atoms with Crippen molar-refractivity contribution in [1.29, 1.82) is 0 Å². The summed E-state index contributed by atoms with van der Waals surface area (Å²) in [6, 6.07) is 23.4. The van der Waals surface area contributed by atoms with Crippen molar-refractivity contribution in [1.82, 2.24) is 9.88 Å². The Bertz CT molecular complexity index is 1500. The van der Waals surface area contributed by atoms with Gasteiger partial charge in [-0.05, 0) is 54.7 Å². The second kappa shape index (κ2) is 11.0. The molecular formula is C27H30N5O3S2+. The number of aromatic nitrogens is 2. The fraction of sp³-hybridized carbons (Fsp3) is 0.259. The third kappa shape index (κ3) is 5.36. The number of carbonyl (C=O) groups excluding carboxylic acids is 1. The van der Waals surface area contributed by atoms with E-state index in [4.69, 9.17) is 0 Å². The van der Waals surface area contributed by atoms with E-state index < -0.39 is 10.0 Å². The van der Waals surface area contributed by atoms with Crippen molar-refractivity contribution in [3.63, 3.8) is 0 Å². The number of H-pyrrole nitrogens is 1. The number of aromatic amines is 1. The number of amides is 1. The van der Waals surface area contributed by atoms with E-state index in [0.717, 1.165) is 55.9 Å². The monoisotopic (exact) mass is 536 g/mol. The average Bonchev–Trinajstić information content (AvgIpc) is 3.32. The first-order chi connectivity index (χ1) is 18.0. The van der Waals surface area contributed by atoms with Gasteiger partial charge in [-0.1, -0.05) is 49.4 Å². The Hall–Kier alpha value is -3.34. The van der Waals surface area contributed by atoms with Gasteiger partial charge in [-0.25, -0.2) is 4.98 Å².